The summed E-state index contributed by atoms with van der Waals surface area (Å²) in [6.07, 6.45) is 0. The molecule has 0 atom stereocenters. The molecule has 0 saturated carbocycles. The Morgan fingerprint density at radius 1 is 1.47 bits per heavy atom. The summed E-state index contributed by atoms with van der Waals surface area (Å²) in [4.78, 5) is 11.2. The first-order chi connectivity index (χ1) is 7.15. The number of benzene rings is 1. The molecule has 0 unspecified atom stereocenters. The summed E-state index contributed by atoms with van der Waals surface area (Å²) >= 11 is 0. The fraction of sp³-hybridized carbons (Fsp3) is 0.182. The van der Waals surface area contributed by atoms with E-state index < -0.39 is 5.97 Å². The predicted octanol–water partition coefficient (Wildman–Crippen LogP) is 2.23. The van der Waals surface area contributed by atoms with Crippen LogP contribution in [0.25, 0.3) is 11.0 Å². The third-order valence-corrected chi connectivity index (χ3v) is 2.26. The van der Waals surface area contributed by atoms with E-state index in [-0.39, 0.29) is 11.5 Å². The summed E-state index contributed by atoms with van der Waals surface area (Å²) in [7, 11) is 1.24. The number of hydrogen-bond acceptors (Lipinski definition) is 4. The van der Waals surface area contributed by atoms with Gasteiger partial charge in [0, 0.05) is 0 Å². The van der Waals surface area contributed by atoms with Gasteiger partial charge in [0.1, 0.15) is 5.58 Å². The number of fused-ring (bicyclic) bond motifs is 1. The van der Waals surface area contributed by atoms with E-state index in [1.54, 1.807) is 12.1 Å². The summed E-state index contributed by atoms with van der Waals surface area (Å²) in [5, 5.41) is 10.2. The van der Waals surface area contributed by atoms with Crippen molar-refractivity contribution >= 4 is 16.9 Å². The van der Waals surface area contributed by atoms with Crippen LogP contribution in [0, 0.1) is 6.92 Å². The predicted molar refractivity (Wildman–Crippen MR) is 54.0 cm³/mol. The Morgan fingerprint density at radius 3 is 2.80 bits per heavy atom. The minimum Gasteiger partial charge on any atom is -0.504 e. The zero-order valence-electron chi connectivity index (χ0n) is 8.40. The lowest BCUT2D eigenvalue weighted by Crippen LogP contribution is -1.98. The minimum absolute atomic E-state index is 0.151. The molecule has 0 spiro atoms. The Bertz CT molecular complexity index is 525. The molecule has 0 bridgehead atoms. The number of methoxy groups -OCH3 is 1. The molecule has 4 heteroatoms. The maximum absolute atomic E-state index is 11.2. The normalized spacial score (nSPS) is 10.5. The highest BCUT2D eigenvalue weighted by Gasteiger charge is 2.21. The Hall–Kier alpha value is -1.97. The molecule has 0 amide bonds. The fourth-order valence-corrected chi connectivity index (χ4v) is 1.48. The van der Waals surface area contributed by atoms with Gasteiger partial charge in [0.15, 0.2) is 5.75 Å². The van der Waals surface area contributed by atoms with Gasteiger partial charge in [-0.05, 0) is 18.6 Å². The van der Waals surface area contributed by atoms with Gasteiger partial charge in [0.05, 0.1) is 12.5 Å². The number of furan rings is 1. The second kappa shape index (κ2) is 3.31. The Morgan fingerprint density at radius 2 is 2.20 bits per heavy atom. The van der Waals surface area contributed by atoms with Crippen molar-refractivity contribution in [2.24, 2.45) is 0 Å². The highest BCUT2D eigenvalue weighted by molar-refractivity contribution is 5.99. The minimum atomic E-state index is -0.678. The van der Waals surface area contributed by atoms with E-state index >= 15 is 0 Å². The van der Waals surface area contributed by atoms with E-state index in [9.17, 15) is 9.90 Å². The standard InChI is InChI=1S/C11H10O4/c1-6-4-3-5-7-8(12)10(11(13)14-2)15-9(6)7/h3-5,12H,1-2H3. The van der Waals surface area contributed by atoms with Crippen molar-refractivity contribution in [2.75, 3.05) is 7.11 Å². The van der Waals surface area contributed by atoms with Crippen molar-refractivity contribution in [1.29, 1.82) is 0 Å². The fourth-order valence-electron chi connectivity index (χ4n) is 1.48. The van der Waals surface area contributed by atoms with Crippen molar-refractivity contribution in [1.82, 2.24) is 0 Å². The molecule has 15 heavy (non-hydrogen) atoms. The molecule has 0 aliphatic rings. The van der Waals surface area contributed by atoms with Crippen LogP contribution in [0.3, 0.4) is 0 Å². The molecule has 4 nitrogen and oxygen atoms in total. The Kier molecular flexibility index (Phi) is 2.11. The topological polar surface area (TPSA) is 59.7 Å². The molecule has 1 N–H and O–H groups in total. The highest BCUT2D eigenvalue weighted by Crippen LogP contribution is 2.33. The van der Waals surface area contributed by atoms with Crippen LogP contribution in [-0.4, -0.2) is 18.2 Å². The van der Waals surface area contributed by atoms with Gasteiger partial charge in [-0.15, -0.1) is 0 Å². The lowest BCUT2D eigenvalue weighted by atomic mass is 10.1. The zero-order chi connectivity index (χ0) is 11.0. The number of hydrogen-bond donors (Lipinski definition) is 1. The summed E-state index contributed by atoms with van der Waals surface area (Å²) in [5.41, 5.74) is 1.37. The molecular formula is C11H10O4. The molecule has 78 valence electrons. The lowest BCUT2D eigenvalue weighted by molar-refractivity contribution is 0.0563. The van der Waals surface area contributed by atoms with Crippen LogP contribution in [0.4, 0.5) is 0 Å². The number of aromatic hydroxyl groups is 1. The highest BCUT2D eigenvalue weighted by atomic mass is 16.5. The average Bonchev–Trinajstić information content (AvgIpc) is 2.57. The number of carbonyl (C=O) groups excluding carboxylic acids is 1. The summed E-state index contributed by atoms with van der Waals surface area (Å²) in [6, 6.07) is 5.31. The number of esters is 1. The second-order valence-corrected chi connectivity index (χ2v) is 3.22. The molecule has 2 rings (SSSR count). The smallest absolute Gasteiger partial charge is 0.377 e. The van der Waals surface area contributed by atoms with Crippen LogP contribution in [0.15, 0.2) is 22.6 Å². The second-order valence-electron chi connectivity index (χ2n) is 3.22. The lowest BCUT2D eigenvalue weighted by Gasteiger charge is -1.93. The molecule has 0 saturated heterocycles. The largest absolute Gasteiger partial charge is 0.504 e. The van der Waals surface area contributed by atoms with Crippen LogP contribution in [0.5, 0.6) is 5.75 Å². The third-order valence-electron chi connectivity index (χ3n) is 2.26. The maximum Gasteiger partial charge on any atom is 0.377 e. The van der Waals surface area contributed by atoms with Crippen LogP contribution in [-0.2, 0) is 4.74 Å². The molecular weight excluding hydrogens is 196 g/mol. The Labute approximate surface area is 86.1 Å². The molecule has 0 aliphatic carbocycles. The number of para-hydroxylation sites is 1. The van der Waals surface area contributed by atoms with Crippen LogP contribution in [0.2, 0.25) is 0 Å². The number of rotatable bonds is 1. The van der Waals surface area contributed by atoms with Gasteiger partial charge >= 0.3 is 5.97 Å². The monoisotopic (exact) mass is 206 g/mol. The van der Waals surface area contributed by atoms with E-state index in [4.69, 9.17) is 4.42 Å². The van der Waals surface area contributed by atoms with Crippen molar-refractivity contribution in [2.45, 2.75) is 6.92 Å². The molecule has 1 aromatic heterocycles. The van der Waals surface area contributed by atoms with Crippen molar-refractivity contribution in [3.63, 3.8) is 0 Å². The summed E-state index contributed by atoms with van der Waals surface area (Å²) in [5.74, 6) is -0.995. The molecule has 0 fully saturated rings. The van der Waals surface area contributed by atoms with Gasteiger partial charge < -0.3 is 14.3 Å². The zero-order valence-corrected chi connectivity index (χ0v) is 8.40. The molecule has 2 aromatic rings. The van der Waals surface area contributed by atoms with Crippen molar-refractivity contribution in [3.05, 3.63) is 29.5 Å². The molecule has 1 heterocycles. The van der Waals surface area contributed by atoms with Crippen molar-refractivity contribution in [3.8, 4) is 5.75 Å². The van der Waals surface area contributed by atoms with E-state index in [2.05, 4.69) is 4.74 Å². The molecule has 0 radical (unpaired) electrons. The van der Waals surface area contributed by atoms with E-state index in [1.165, 1.54) is 7.11 Å². The number of carbonyl (C=O) groups is 1. The van der Waals surface area contributed by atoms with Crippen molar-refractivity contribution < 1.29 is 19.1 Å². The molecule has 0 aliphatic heterocycles. The Balaban J connectivity index is 2.75. The van der Waals surface area contributed by atoms with Gasteiger partial charge in [-0.3, -0.25) is 0 Å². The van der Waals surface area contributed by atoms with Gasteiger partial charge in [-0.25, -0.2) is 4.79 Å². The maximum atomic E-state index is 11.2. The third kappa shape index (κ3) is 1.34. The van der Waals surface area contributed by atoms with Crippen LogP contribution in [0.1, 0.15) is 16.1 Å². The summed E-state index contributed by atoms with van der Waals surface area (Å²) < 4.78 is 9.75. The quantitative estimate of drug-likeness (QED) is 0.727. The van der Waals surface area contributed by atoms with E-state index in [0.29, 0.717) is 11.0 Å². The first-order valence-corrected chi connectivity index (χ1v) is 4.44. The summed E-state index contributed by atoms with van der Waals surface area (Å²) in [6.45, 7) is 1.84. The first-order valence-electron chi connectivity index (χ1n) is 4.44. The van der Waals surface area contributed by atoms with Gasteiger partial charge in [-0.2, -0.15) is 0 Å². The van der Waals surface area contributed by atoms with E-state index in [0.717, 1.165) is 5.56 Å². The van der Waals surface area contributed by atoms with Gasteiger partial charge in [0.2, 0.25) is 0 Å². The molecule has 1 aromatic carbocycles. The average molecular weight is 206 g/mol. The van der Waals surface area contributed by atoms with Crippen LogP contribution < -0.4 is 0 Å². The SMILES string of the molecule is COC(=O)c1oc2c(C)cccc2c1O. The number of aryl methyl sites for hydroxylation is 1. The van der Waals surface area contributed by atoms with Gasteiger partial charge in [0.25, 0.3) is 5.76 Å². The van der Waals surface area contributed by atoms with E-state index in [1.807, 2.05) is 13.0 Å². The first kappa shape index (κ1) is 9.58. The van der Waals surface area contributed by atoms with Crippen LogP contribution >= 0.6 is 0 Å². The van der Waals surface area contributed by atoms with Gasteiger partial charge in [-0.1, -0.05) is 12.1 Å². The number of ether oxygens (including phenoxy) is 1.